The lowest BCUT2D eigenvalue weighted by Crippen LogP contribution is -2.43. The minimum atomic E-state index is -0.850. The molecule has 3 fully saturated rings. The van der Waals surface area contributed by atoms with E-state index in [0.29, 0.717) is 41.5 Å². The predicted octanol–water partition coefficient (Wildman–Crippen LogP) is 4.78. The monoisotopic (exact) mass is 490 g/mol. The third-order valence-electron chi connectivity index (χ3n) is 7.94. The highest BCUT2D eigenvalue weighted by Crippen LogP contribution is 2.62. The number of benzene rings is 3. The fourth-order valence-electron chi connectivity index (χ4n) is 6.34. The molecule has 8 nitrogen and oxygen atoms in total. The molecule has 2 unspecified atom stereocenters. The molecule has 3 saturated heterocycles. The summed E-state index contributed by atoms with van der Waals surface area (Å²) in [6, 6.07) is 15.2. The molecule has 3 aromatic carbocycles. The number of ether oxygens (including phenoxy) is 2. The first-order valence-corrected chi connectivity index (χ1v) is 11.9. The number of nitrogens with zero attached hydrogens (tertiary/aromatic N) is 2. The first-order chi connectivity index (χ1) is 17.2. The van der Waals surface area contributed by atoms with Crippen LogP contribution in [0.2, 0.25) is 0 Å². The number of rotatable bonds is 6. The fraction of sp³-hybridized carbons (Fsp3) is 0.333. The van der Waals surface area contributed by atoms with Gasteiger partial charge in [0, 0.05) is 17.9 Å². The summed E-state index contributed by atoms with van der Waals surface area (Å²) in [5.74, 6) is -1.85. The number of anilines is 1. The molecule has 184 valence electrons. The van der Waals surface area contributed by atoms with Crippen LogP contribution in [0.3, 0.4) is 0 Å². The Morgan fingerprint density at radius 1 is 1.03 bits per heavy atom. The Kier molecular flexibility index (Phi) is 4.91. The summed E-state index contributed by atoms with van der Waals surface area (Å²) in [6.07, 6.45) is 1.65. The minimum Gasteiger partial charge on any atom is -0.493 e. The number of non-ortho nitro benzene ring substituents is 1. The molecule has 2 bridgehead atoms. The van der Waals surface area contributed by atoms with E-state index in [4.69, 9.17) is 9.47 Å². The first kappa shape index (κ1) is 22.6. The van der Waals surface area contributed by atoms with Crippen molar-refractivity contribution in [1.29, 1.82) is 0 Å². The standard InChI is InChI=1S/C27H23FN2O6/c1-26-12-13-27(36-26,14-15-35-17-8-6-16(28)7-9-17)23-22(26)24(31)29(25(23)32)20-10-11-21(30(33)34)19-5-3-2-4-18(19)20/h2-11,22-23H,12-15H2,1H3/t22-,23+,26?,27?/m0/s1. The topological polar surface area (TPSA) is 99.0 Å². The molecule has 0 aromatic heterocycles. The van der Waals surface area contributed by atoms with Crippen LogP contribution in [0.1, 0.15) is 26.2 Å². The van der Waals surface area contributed by atoms with E-state index >= 15 is 0 Å². The number of carbonyl (C=O) groups is 2. The number of nitro benzene ring substituents is 1. The highest BCUT2D eigenvalue weighted by molar-refractivity contribution is 6.26. The molecule has 3 aromatic rings. The van der Waals surface area contributed by atoms with Gasteiger partial charge in [0.15, 0.2) is 0 Å². The average Bonchev–Trinajstić information content (AvgIpc) is 3.44. The quantitative estimate of drug-likeness (QED) is 0.280. The van der Waals surface area contributed by atoms with Crippen molar-refractivity contribution in [2.45, 2.75) is 37.4 Å². The van der Waals surface area contributed by atoms with E-state index in [1.807, 2.05) is 6.92 Å². The van der Waals surface area contributed by atoms with Gasteiger partial charge in [0.05, 0.1) is 45.6 Å². The van der Waals surface area contributed by atoms with Crippen molar-refractivity contribution >= 4 is 34.0 Å². The number of halogens is 1. The number of carbonyl (C=O) groups excluding carboxylic acids is 2. The molecule has 6 rings (SSSR count). The zero-order valence-corrected chi connectivity index (χ0v) is 19.5. The number of hydrogen-bond acceptors (Lipinski definition) is 6. The van der Waals surface area contributed by atoms with Gasteiger partial charge in [-0.05, 0) is 56.2 Å². The smallest absolute Gasteiger partial charge is 0.277 e. The molecule has 3 heterocycles. The summed E-state index contributed by atoms with van der Waals surface area (Å²) in [5, 5.41) is 12.4. The molecule has 0 radical (unpaired) electrons. The molecule has 0 saturated carbocycles. The maximum atomic E-state index is 13.9. The van der Waals surface area contributed by atoms with E-state index in [1.165, 1.54) is 41.3 Å². The molecule has 0 spiro atoms. The number of fused-ring (bicyclic) bond motifs is 6. The van der Waals surface area contributed by atoms with Crippen LogP contribution in [0.25, 0.3) is 10.8 Å². The van der Waals surface area contributed by atoms with Crippen molar-refractivity contribution in [3.8, 4) is 5.75 Å². The Morgan fingerprint density at radius 3 is 2.44 bits per heavy atom. The molecule has 3 aliphatic rings. The highest BCUT2D eigenvalue weighted by atomic mass is 19.1. The van der Waals surface area contributed by atoms with Crippen LogP contribution in [-0.2, 0) is 14.3 Å². The normalized spacial score (nSPS) is 28.7. The summed E-state index contributed by atoms with van der Waals surface area (Å²) in [7, 11) is 0. The third kappa shape index (κ3) is 3.15. The Labute approximate surface area is 205 Å². The van der Waals surface area contributed by atoms with Crippen LogP contribution in [0.15, 0.2) is 60.7 Å². The summed E-state index contributed by atoms with van der Waals surface area (Å²) in [4.78, 5) is 39.9. The Hall–Kier alpha value is -3.85. The van der Waals surface area contributed by atoms with Gasteiger partial charge in [0.1, 0.15) is 11.6 Å². The maximum Gasteiger partial charge on any atom is 0.277 e. The van der Waals surface area contributed by atoms with E-state index in [-0.39, 0.29) is 29.9 Å². The van der Waals surface area contributed by atoms with Crippen molar-refractivity contribution in [3.05, 3.63) is 76.6 Å². The van der Waals surface area contributed by atoms with E-state index < -0.39 is 28.0 Å². The van der Waals surface area contributed by atoms with Gasteiger partial charge in [-0.1, -0.05) is 18.2 Å². The van der Waals surface area contributed by atoms with Crippen molar-refractivity contribution in [1.82, 2.24) is 0 Å². The third-order valence-corrected chi connectivity index (χ3v) is 7.94. The lowest BCUT2D eigenvalue weighted by atomic mass is 9.67. The van der Waals surface area contributed by atoms with Crippen LogP contribution in [0.5, 0.6) is 5.75 Å². The zero-order valence-electron chi connectivity index (χ0n) is 19.5. The second-order valence-electron chi connectivity index (χ2n) is 9.91. The molecule has 0 N–H and O–H groups in total. The largest absolute Gasteiger partial charge is 0.493 e. The molecule has 2 amide bonds. The number of nitro groups is 1. The van der Waals surface area contributed by atoms with Gasteiger partial charge < -0.3 is 9.47 Å². The molecular weight excluding hydrogens is 467 g/mol. The van der Waals surface area contributed by atoms with E-state index in [0.717, 1.165) is 0 Å². The van der Waals surface area contributed by atoms with Crippen LogP contribution in [0.4, 0.5) is 15.8 Å². The summed E-state index contributed by atoms with van der Waals surface area (Å²) < 4.78 is 25.4. The SMILES string of the molecule is CC12CCC(CCOc3ccc(F)cc3)(O1)[C@H]1C(=O)N(c3ccc([N+](=O)[O-])c4ccccc34)C(=O)[C@H]12. The van der Waals surface area contributed by atoms with Crippen molar-refractivity contribution in [2.24, 2.45) is 11.8 Å². The van der Waals surface area contributed by atoms with E-state index in [1.54, 1.807) is 24.3 Å². The molecular formula is C27H23FN2O6. The Balaban J connectivity index is 1.34. The summed E-state index contributed by atoms with van der Waals surface area (Å²) in [5.41, 5.74) is -1.37. The Bertz CT molecular complexity index is 1430. The van der Waals surface area contributed by atoms with Crippen LogP contribution < -0.4 is 9.64 Å². The van der Waals surface area contributed by atoms with Crippen LogP contribution in [0, 0.1) is 27.8 Å². The van der Waals surface area contributed by atoms with Crippen LogP contribution >= 0.6 is 0 Å². The lowest BCUT2D eigenvalue weighted by molar-refractivity contribution is -0.383. The molecule has 36 heavy (non-hydrogen) atoms. The molecule has 4 atom stereocenters. The first-order valence-electron chi connectivity index (χ1n) is 11.9. The van der Waals surface area contributed by atoms with Crippen molar-refractivity contribution in [2.75, 3.05) is 11.5 Å². The predicted molar refractivity (Wildman–Crippen MR) is 128 cm³/mol. The van der Waals surface area contributed by atoms with Crippen molar-refractivity contribution in [3.63, 3.8) is 0 Å². The van der Waals surface area contributed by atoms with Gasteiger partial charge in [0.2, 0.25) is 11.8 Å². The maximum absolute atomic E-state index is 13.9. The molecule has 9 heteroatoms. The zero-order chi connectivity index (χ0) is 25.2. The average molecular weight is 490 g/mol. The second-order valence-corrected chi connectivity index (χ2v) is 9.91. The van der Waals surface area contributed by atoms with Gasteiger partial charge in [-0.3, -0.25) is 19.7 Å². The second kappa shape index (κ2) is 7.83. The van der Waals surface area contributed by atoms with E-state index in [9.17, 15) is 24.1 Å². The van der Waals surface area contributed by atoms with Gasteiger partial charge in [-0.2, -0.15) is 0 Å². The van der Waals surface area contributed by atoms with Gasteiger partial charge in [-0.25, -0.2) is 9.29 Å². The van der Waals surface area contributed by atoms with Gasteiger partial charge in [-0.15, -0.1) is 0 Å². The van der Waals surface area contributed by atoms with Crippen molar-refractivity contribution < 1.29 is 28.4 Å². The summed E-state index contributed by atoms with van der Waals surface area (Å²) in [6.45, 7) is 2.12. The molecule has 0 aliphatic carbocycles. The minimum absolute atomic E-state index is 0.0848. The van der Waals surface area contributed by atoms with Crippen LogP contribution in [-0.4, -0.2) is 34.5 Å². The number of amides is 2. The Morgan fingerprint density at radius 2 is 1.72 bits per heavy atom. The highest BCUT2D eigenvalue weighted by Gasteiger charge is 2.73. The van der Waals surface area contributed by atoms with Gasteiger partial charge >= 0.3 is 0 Å². The lowest BCUT2D eigenvalue weighted by Gasteiger charge is -2.31. The summed E-state index contributed by atoms with van der Waals surface area (Å²) >= 11 is 0. The molecule has 3 aliphatic heterocycles. The fourth-order valence-corrected chi connectivity index (χ4v) is 6.34. The number of hydrogen-bond donors (Lipinski definition) is 0. The number of imide groups is 1. The van der Waals surface area contributed by atoms with Gasteiger partial charge in [0.25, 0.3) is 5.69 Å². The van der Waals surface area contributed by atoms with E-state index in [2.05, 4.69) is 0 Å².